The molecule has 58 valence electrons. The highest BCUT2D eigenvalue weighted by Crippen LogP contribution is 2.19. The minimum absolute atomic E-state index is 0.832. The fourth-order valence-electron chi connectivity index (χ4n) is 1.21. The number of rotatable bonds is 1. The van der Waals surface area contributed by atoms with Crippen molar-refractivity contribution in [2.75, 3.05) is 6.54 Å². The van der Waals surface area contributed by atoms with Gasteiger partial charge >= 0.3 is 0 Å². The number of thiazole rings is 1. The first-order valence-electron chi connectivity index (χ1n) is 3.60. The molecule has 0 bridgehead atoms. The van der Waals surface area contributed by atoms with Crippen molar-refractivity contribution in [1.82, 2.24) is 10.3 Å². The Bertz CT molecular complexity index is 256. The van der Waals surface area contributed by atoms with Gasteiger partial charge < -0.3 is 10.7 Å². The summed E-state index contributed by atoms with van der Waals surface area (Å²) in [5.74, 6) is 0. The summed E-state index contributed by atoms with van der Waals surface area (Å²) in [4.78, 5) is 5.61. The molecule has 0 unspecified atom stereocenters. The third-order valence-electron chi connectivity index (χ3n) is 1.74. The van der Waals surface area contributed by atoms with E-state index in [0.717, 1.165) is 24.5 Å². The first-order valence-corrected chi connectivity index (χ1v) is 4.41. The van der Waals surface area contributed by atoms with Crippen molar-refractivity contribution < 1.29 is 0 Å². The summed E-state index contributed by atoms with van der Waals surface area (Å²) < 4.78 is 0. The van der Waals surface area contributed by atoms with E-state index >= 15 is 0 Å². The fraction of sp³-hybridized carbons (Fsp3) is 0.429. The van der Waals surface area contributed by atoms with Crippen LogP contribution in [0.15, 0.2) is 0 Å². The Morgan fingerprint density at radius 2 is 2.55 bits per heavy atom. The Morgan fingerprint density at radius 1 is 1.64 bits per heavy atom. The van der Waals surface area contributed by atoms with Crippen LogP contribution in [0.25, 0.3) is 0 Å². The van der Waals surface area contributed by atoms with Gasteiger partial charge in [0.2, 0.25) is 0 Å². The van der Waals surface area contributed by atoms with Gasteiger partial charge in [0.25, 0.3) is 0 Å². The lowest BCUT2D eigenvalue weighted by molar-refractivity contribution is 0.643. The van der Waals surface area contributed by atoms with E-state index in [9.17, 15) is 0 Å². The number of fused-ring (bicyclic) bond motifs is 1. The summed E-state index contributed by atoms with van der Waals surface area (Å²) in [5.41, 5.74) is 1.19. The van der Waals surface area contributed by atoms with E-state index in [2.05, 4.69) is 10.3 Å². The van der Waals surface area contributed by atoms with E-state index in [1.54, 1.807) is 11.3 Å². The Labute approximate surface area is 69.0 Å². The van der Waals surface area contributed by atoms with E-state index in [-0.39, 0.29) is 0 Å². The van der Waals surface area contributed by atoms with Crippen LogP contribution >= 0.6 is 11.3 Å². The zero-order valence-corrected chi connectivity index (χ0v) is 6.87. The van der Waals surface area contributed by atoms with Gasteiger partial charge in [-0.3, -0.25) is 0 Å². The van der Waals surface area contributed by atoms with Gasteiger partial charge in [0, 0.05) is 24.4 Å². The number of aromatic nitrogens is 1. The van der Waals surface area contributed by atoms with Gasteiger partial charge in [-0.05, 0) is 0 Å². The molecule has 0 amide bonds. The second-order valence-corrected chi connectivity index (χ2v) is 3.61. The maximum absolute atomic E-state index is 7.03. The van der Waals surface area contributed by atoms with Crippen LogP contribution in [0.4, 0.5) is 0 Å². The van der Waals surface area contributed by atoms with Crippen LogP contribution in [0.3, 0.4) is 0 Å². The van der Waals surface area contributed by atoms with E-state index in [1.807, 2.05) is 0 Å². The smallest absolute Gasteiger partial charge is 0.134 e. The van der Waals surface area contributed by atoms with Crippen LogP contribution in [-0.2, 0) is 13.0 Å². The largest absolute Gasteiger partial charge is 0.311 e. The lowest BCUT2D eigenvalue weighted by atomic mass is 10.2. The summed E-state index contributed by atoms with van der Waals surface area (Å²) in [6.07, 6.45) is 2.34. The molecule has 2 heterocycles. The molecule has 0 radical (unpaired) electrons. The number of hydrogen-bond donors (Lipinski definition) is 2. The van der Waals surface area contributed by atoms with Gasteiger partial charge in [-0.25, -0.2) is 4.98 Å². The van der Waals surface area contributed by atoms with Crippen molar-refractivity contribution in [3.8, 4) is 0 Å². The standard InChI is InChI=1S/C7H9N3S/c8-3-7-10-5-1-2-9-4-6(5)11-7/h3,8-9H,1-2,4H2. The van der Waals surface area contributed by atoms with Crippen LogP contribution in [0.1, 0.15) is 15.6 Å². The molecule has 11 heavy (non-hydrogen) atoms. The maximum atomic E-state index is 7.03. The third kappa shape index (κ3) is 1.19. The van der Waals surface area contributed by atoms with E-state index in [1.165, 1.54) is 16.8 Å². The summed E-state index contributed by atoms with van der Waals surface area (Å²) >= 11 is 1.62. The molecule has 0 aliphatic carbocycles. The monoisotopic (exact) mass is 167 g/mol. The van der Waals surface area contributed by atoms with Crippen molar-refractivity contribution in [2.24, 2.45) is 0 Å². The van der Waals surface area contributed by atoms with E-state index in [0.29, 0.717) is 0 Å². The van der Waals surface area contributed by atoms with Gasteiger partial charge in [-0.1, -0.05) is 0 Å². The SMILES string of the molecule is N=Cc1nc2c(s1)CNCC2. The molecule has 0 aromatic carbocycles. The molecule has 2 rings (SSSR count). The molecule has 2 N–H and O–H groups in total. The van der Waals surface area contributed by atoms with Gasteiger partial charge in [0.05, 0.1) is 11.9 Å². The van der Waals surface area contributed by atoms with Crippen LogP contribution < -0.4 is 5.32 Å². The zero-order valence-electron chi connectivity index (χ0n) is 6.05. The Balaban J connectivity index is 2.39. The van der Waals surface area contributed by atoms with Gasteiger partial charge in [-0.15, -0.1) is 11.3 Å². The Hall–Kier alpha value is -0.740. The molecule has 1 aromatic heterocycles. The summed E-state index contributed by atoms with van der Waals surface area (Å²) in [5, 5.41) is 11.1. The topological polar surface area (TPSA) is 48.8 Å². The first-order chi connectivity index (χ1) is 5.40. The fourth-order valence-corrected chi connectivity index (χ4v) is 2.11. The summed E-state index contributed by atoms with van der Waals surface area (Å²) in [6.45, 7) is 1.95. The average Bonchev–Trinajstić information content (AvgIpc) is 2.46. The lowest BCUT2D eigenvalue weighted by Gasteiger charge is -2.09. The van der Waals surface area contributed by atoms with Crippen molar-refractivity contribution >= 4 is 17.6 Å². The number of nitrogens with one attached hydrogen (secondary N) is 2. The van der Waals surface area contributed by atoms with Crippen molar-refractivity contribution in [2.45, 2.75) is 13.0 Å². The molecular weight excluding hydrogens is 158 g/mol. The Morgan fingerprint density at radius 3 is 3.27 bits per heavy atom. The predicted molar refractivity (Wildman–Crippen MR) is 45.4 cm³/mol. The molecule has 0 saturated carbocycles. The molecular formula is C7H9N3S. The number of hydrogen-bond acceptors (Lipinski definition) is 4. The van der Waals surface area contributed by atoms with E-state index < -0.39 is 0 Å². The lowest BCUT2D eigenvalue weighted by Crippen LogP contribution is -2.22. The van der Waals surface area contributed by atoms with Crippen LogP contribution in [-0.4, -0.2) is 17.7 Å². The summed E-state index contributed by atoms with van der Waals surface area (Å²) in [7, 11) is 0. The van der Waals surface area contributed by atoms with Gasteiger partial charge in [0.15, 0.2) is 0 Å². The maximum Gasteiger partial charge on any atom is 0.134 e. The van der Waals surface area contributed by atoms with Gasteiger partial charge in [0.1, 0.15) is 5.01 Å². The average molecular weight is 167 g/mol. The van der Waals surface area contributed by atoms with Crippen molar-refractivity contribution in [3.63, 3.8) is 0 Å². The molecule has 0 atom stereocenters. The molecule has 0 saturated heterocycles. The molecule has 0 spiro atoms. The normalized spacial score (nSPS) is 16.0. The van der Waals surface area contributed by atoms with Crippen molar-refractivity contribution in [1.29, 1.82) is 5.41 Å². The molecule has 1 aliphatic rings. The van der Waals surface area contributed by atoms with Crippen LogP contribution in [0.2, 0.25) is 0 Å². The van der Waals surface area contributed by atoms with E-state index in [4.69, 9.17) is 5.41 Å². The third-order valence-corrected chi connectivity index (χ3v) is 2.79. The highest BCUT2D eigenvalue weighted by atomic mass is 32.1. The number of nitrogens with zero attached hydrogens (tertiary/aromatic N) is 1. The van der Waals surface area contributed by atoms with Crippen molar-refractivity contribution in [3.05, 3.63) is 15.6 Å². The molecule has 0 fully saturated rings. The zero-order chi connectivity index (χ0) is 7.68. The molecule has 1 aromatic rings. The van der Waals surface area contributed by atoms with Crippen LogP contribution in [0.5, 0.6) is 0 Å². The second kappa shape index (κ2) is 2.71. The second-order valence-electron chi connectivity index (χ2n) is 2.49. The minimum atomic E-state index is 0.832. The molecule has 3 nitrogen and oxygen atoms in total. The van der Waals surface area contributed by atoms with Gasteiger partial charge in [-0.2, -0.15) is 0 Å². The summed E-state index contributed by atoms with van der Waals surface area (Å²) in [6, 6.07) is 0. The van der Waals surface area contributed by atoms with Crippen LogP contribution in [0, 0.1) is 5.41 Å². The minimum Gasteiger partial charge on any atom is -0.311 e. The first kappa shape index (κ1) is 6.94. The Kier molecular flexibility index (Phi) is 1.71. The highest BCUT2D eigenvalue weighted by Gasteiger charge is 2.12. The predicted octanol–water partition coefficient (Wildman–Crippen LogP) is 0.786. The quantitative estimate of drug-likeness (QED) is 0.607. The molecule has 4 heteroatoms. The highest BCUT2D eigenvalue weighted by molar-refractivity contribution is 7.13. The molecule has 1 aliphatic heterocycles.